The summed E-state index contributed by atoms with van der Waals surface area (Å²) in [5, 5.41) is 0. The van der Waals surface area contributed by atoms with Crippen LogP contribution in [0.3, 0.4) is 0 Å². The van der Waals surface area contributed by atoms with Crippen LogP contribution >= 0.6 is 0 Å². The summed E-state index contributed by atoms with van der Waals surface area (Å²) < 4.78 is 0. The third-order valence-corrected chi connectivity index (χ3v) is 3.36. The first-order valence-corrected chi connectivity index (χ1v) is 5.34. The fourth-order valence-corrected chi connectivity index (χ4v) is 2.20. The van der Waals surface area contributed by atoms with Crippen molar-refractivity contribution in [1.82, 2.24) is 0 Å². The van der Waals surface area contributed by atoms with Crippen molar-refractivity contribution in [1.29, 1.82) is 0 Å². The maximum atomic E-state index is 11.8. The van der Waals surface area contributed by atoms with Gasteiger partial charge in [-0.2, -0.15) is 0 Å². The molecule has 0 spiro atoms. The number of carbonyl (C=O) groups is 1. The van der Waals surface area contributed by atoms with Crippen LogP contribution in [-0.4, -0.2) is 5.78 Å². The van der Waals surface area contributed by atoms with E-state index in [-0.39, 0.29) is 0 Å². The van der Waals surface area contributed by atoms with Crippen molar-refractivity contribution in [2.75, 3.05) is 0 Å². The maximum absolute atomic E-state index is 11.8. The van der Waals surface area contributed by atoms with Crippen LogP contribution in [0.4, 0.5) is 0 Å². The van der Waals surface area contributed by atoms with Gasteiger partial charge in [-0.1, -0.05) is 25.8 Å². The molecule has 0 aliphatic heterocycles. The Morgan fingerprint density at radius 2 is 1.92 bits per heavy atom. The molecule has 1 heteroatoms. The first-order chi connectivity index (χ1) is 6.27. The highest BCUT2D eigenvalue weighted by molar-refractivity contribution is 5.99. The Kier molecular flexibility index (Phi) is 2.52. The Bertz CT molecular complexity index is 232. The minimum Gasteiger partial charge on any atom is -0.294 e. The van der Waals surface area contributed by atoms with E-state index in [4.69, 9.17) is 0 Å². The van der Waals surface area contributed by atoms with Crippen LogP contribution in [0.2, 0.25) is 0 Å². The van der Waals surface area contributed by atoms with Gasteiger partial charge < -0.3 is 0 Å². The molecule has 1 radical (unpaired) electrons. The lowest BCUT2D eigenvalue weighted by molar-refractivity contribution is -0.120. The minimum atomic E-state index is 0.358. The van der Waals surface area contributed by atoms with Crippen LogP contribution < -0.4 is 0 Å². The molecule has 0 saturated heterocycles. The standard InChI is InChI=1S/C12H17O/c1-9-5-7-11(8-6-9)12(13)10-3-2-4-10/h2-3,9,11H,4-8H2,1H3. The molecule has 0 N–H and O–H groups in total. The normalized spacial score (nSPS) is 33.5. The Morgan fingerprint density at radius 1 is 1.31 bits per heavy atom. The first kappa shape index (κ1) is 8.98. The highest BCUT2D eigenvalue weighted by Gasteiger charge is 2.27. The van der Waals surface area contributed by atoms with Gasteiger partial charge in [0.15, 0.2) is 5.78 Å². The van der Waals surface area contributed by atoms with Crippen LogP contribution in [0.15, 0.2) is 11.6 Å². The molecule has 0 aromatic carbocycles. The van der Waals surface area contributed by atoms with Gasteiger partial charge in [-0.25, -0.2) is 0 Å². The molecule has 13 heavy (non-hydrogen) atoms. The van der Waals surface area contributed by atoms with Gasteiger partial charge in [-0.15, -0.1) is 0 Å². The second-order valence-electron chi connectivity index (χ2n) is 4.45. The molecule has 2 aliphatic rings. The highest BCUT2D eigenvalue weighted by Crippen LogP contribution is 2.32. The zero-order chi connectivity index (χ0) is 9.26. The van der Waals surface area contributed by atoms with Crippen LogP contribution in [-0.2, 0) is 4.79 Å². The fourth-order valence-electron chi connectivity index (χ4n) is 2.20. The molecule has 2 aliphatic carbocycles. The lowest BCUT2D eigenvalue weighted by Gasteiger charge is -2.27. The lowest BCUT2D eigenvalue weighted by atomic mass is 9.77. The molecule has 0 amide bonds. The molecule has 2 rings (SSSR count). The summed E-state index contributed by atoms with van der Waals surface area (Å²) in [6.45, 7) is 2.29. The number of allylic oxidation sites excluding steroid dienone is 2. The summed E-state index contributed by atoms with van der Waals surface area (Å²) >= 11 is 0. The Morgan fingerprint density at radius 3 is 2.38 bits per heavy atom. The van der Waals surface area contributed by atoms with Gasteiger partial charge in [-0.3, -0.25) is 4.79 Å². The molecular weight excluding hydrogens is 160 g/mol. The van der Waals surface area contributed by atoms with Gasteiger partial charge in [0.2, 0.25) is 0 Å². The number of hydrogen-bond acceptors (Lipinski definition) is 1. The SMILES string of the molecule is CC1CCC(C(=O)C2=C[CH]C2)CC1. The molecule has 71 valence electrons. The Hall–Kier alpha value is -0.590. The monoisotopic (exact) mass is 177 g/mol. The van der Waals surface area contributed by atoms with Gasteiger partial charge >= 0.3 is 0 Å². The lowest BCUT2D eigenvalue weighted by Crippen LogP contribution is -2.24. The number of rotatable bonds is 2. The largest absolute Gasteiger partial charge is 0.294 e. The van der Waals surface area contributed by atoms with Crippen LogP contribution in [0, 0.1) is 18.3 Å². The van der Waals surface area contributed by atoms with Crippen molar-refractivity contribution in [3.8, 4) is 0 Å². The molecule has 1 nitrogen and oxygen atoms in total. The van der Waals surface area contributed by atoms with E-state index in [1.807, 2.05) is 6.08 Å². The molecule has 0 bridgehead atoms. The summed E-state index contributed by atoms with van der Waals surface area (Å²) in [6.07, 6.45) is 9.71. The predicted molar refractivity (Wildman–Crippen MR) is 53.1 cm³/mol. The Balaban J connectivity index is 1.90. The molecule has 0 heterocycles. The van der Waals surface area contributed by atoms with Crippen LogP contribution in [0.25, 0.3) is 0 Å². The zero-order valence-electron chi connectivity index (χ0n) is 8.25. The van der Waals surface area contributed by atoms with Gasteiger partial charge in [-0.05, 0) is 37.2 Å². The number of ketones is 1. The Labute approximate surface area is 80.2 Å². The summed E-state index contributed by atoms with van der Waals surface area (Å²) in [4.78, 5) is 11.8. The average Bonchev–Trinajstić information content (AvgIpc) is 2.02. The van der Waals surface area contributed by atoms with Gasteiger partial charge in [0.25, 0.3) is 0 Å². The minimum absolute atomic E-state index is 0.358. The molecular formula is C12H17O. The van der Waals surface area contributed by atoms with Crippen molar-refractivity contribution in [2.45, 2.75) is 39.0 Å². The van der Waals surface area contributed by atoms with E-state index >= 15 is 0 Å². The third kappa shape index (κ3) is 1.84. The van der Waals surface area contributed by atoms with Crippen molar-refractivity contribution in [3.05, 3.63) is 18.1 Å². The van der Waals surface area contributed by atoms with Crippen molar-refractivity contribution in [2.24, 2.45) is 11.8 Å². The summed E-state index contributed by atoms with van der Waals surface area (Å²) in [7, 11) is 0. The highest BCUT2D eigenvalue weighted by atomic mass is 16.1. The van der Waals surface area contributed by atoms with E-state index in [0.717, 1.165) is 30.8 Å². The molecule has 0 unspecified atom stereocenters. The molecule has 1 saturated carbocycles. The van der Waals surface area contributed by atoms with Gasteiger partial charge in [0, 0.05) is 5.92 Å². The van der Waals surface area contributed by atoms with E-state index < -0.39 is 0 Å². The van der Waals surface area contributed by atoms with E-state index in [1.165, 1.54) is 12.8 Å². The molecule has 1 fully saturated rings. The van der Waals surface area contributed by atoms with E-state index in [9.17, 15) is 4.79 Å². The zero-order valence-corrected chi connectivity index (χ0v) is 8.25. The maximum Gasteiger partial charge on any atom is 0.161 e. The van der Waals surface area contributed by atoms with Gasteiger partial charge in [0.05, 0.1) is 0 Å². The number of carbonyl (C=O) groups excluding carboxylic acids is 1. The summed E-state index contributed by atoms with van der Waals surface area (Å²) in [6, 6.07) is 0. The van der Waals surface area contributed by atoms with Gasteiger partial charge in [0.1, 0.15) is 0 Å². The van der Waals surface area contributed by atoms with Crippen LogP contribution in [0.1, 0.15) is 39.0 Å². The van der Waals surface area contributed by atoms with Crippen molar-refractivity contribution >= 4 is 5.78 Å². The van der Waals surface area contributed by atoms with E-state index in [2.05, 4.69) is 13.3 Å². The van der Waals surface area contributed by atoms with Crippen molar-refractivity contribution < 1.29 is 4.79 Å². The number of Topliss-reactive ketones (excluding diaryl/α,β-unsaturated/α-hetero) is 1. The molecule has 0 aromatic rings. The summed E-state index contributed by atoms with van der Waals surface area (Å²) in [5.41, 5.74) is 1.07. The topological polar surface area (TPSA) is 17.1 Å². The quantitative estimate of drug-likeness (QED) is 0.634. The third-order valence-electron chi connectivity index (χ3n) is 3.36. The molecule has 0 atom stereocenters. The number of hydrogen-bond donors (Lipinski definition) is 0. The second kappa shape index (κ2) is 3.65. The smallest absolute Gasteiger partial charge is 0.161 e. The summed E-state index contributed by atoms with van der Waals surface area (Å²) in [5.74, 6) is 1.64. The second-order valence-corrected chi connectivity index (χ2v) is 4.45. The molecule has 0 aromatic heterocycles. The van der Waals surface area contributed by atoms with E-state index in [0.29, 0.717) is 11.7 Å². The van der Waals surface area contributed by atoms with Crippen molar-refractivity contribution in [3.63, 3.8) is 0 Å². The predicted octanol–water partition coefficient (Wildman–Crippen LogP) is 2.92. The van der Waals surface area contributed by atoms with E-state index in [1.54, 1.807) is 0 Å². The van der Waals surface area contributed by atoms with Crippen LogP contribution in [0.5, 0.6) is 0 Å². The fraction of sp³-hybridized carbons (Fsp3) is 0.667. The average molecular weight is 177 g/mol. The first-order valence-electron chi connectivity index (χ1n) is 5.34.